The van der Waals surface area contributed by atoms with Gasteiger partial charge in [0.25, 0.3) is 0 Å². The minimum Gasteiger partial charge on any atom is -0.495 e. The van der Waals surface area contributed by atoms with E-state index in [1.165, 1.54) is 6.92 Å². The molecule has 8 heteroatoms. The van der Waals surface area contributed by atoms with Crippen LogP contribution in [0.5, 0.6) is 11.5 Å². The van der Waals surface area contributed by atoms with Crippen LogP contribution in [0.2, 0.25) is 0 Å². The van der Waals surface area contributed by atoms with E-state index in [2.05, 4.69) is 20.9 Å². The van der Waals surface area contributed by atoms with E-state index in [0.29, 0.717) is 30.5 Å². The zero-order valence-electron chi connectivity index (χ0n) is 19.7. The number of hydrogen-bond donors (Lipinski definition) is 3. The van der Waals surface area contributed by atoms with Gasteiger partial charge in [-0.3, -0.25) is 4.79 Å². The number of rotatable bonds is 8. The summed E-state index contributed by atoms with van der Waals surface area (Å²) in [6, 6.07) is 13.6. The van der Waals surface area contributed by atoms with Gasteiger partial charge in [0.1, 0.15) is 17.1 Å². The van der Waals surface area contributed by atoms with Crippen molar-refractivity contribution >= 4 is 41.5 Å². The van der Waals surface area contributed by atoms with Crippen molar-refractivity contribution in [3.05, 3.63) is 53.6 Å². The molecule has 0 bridgehead atoms. The molecule has 2 rings (SSSR count). The largest absolute Gasteiger partial charge is 0.495 e. The standard InChI is InChI=1S/C24H34N4O3.HI/c1-7-25-23(27-16-19-10-8-9-11-21(19)31-24(3,4)5)26-15-18-12-13-22(30-6)20(14-18)28-17(2)29;/h8-14H,7,15-16H2,1-6H3,(H,28,29)(H2,25,26,27);1H. The van der Waals surface area contributed by atoms with Crippen LogP contribution in [0.15, 0.2) is 47.5 Å². The summed E-state index contributed by atoms with van der Waals surface area (Å²) in [5.41, 5.74) is 2.38. The van der Waals surface area contributed by atoms with Crippen LogP contribution >= 0.6 is 24.0 Å². The van der Waals surface area contributed by atoms with E-state index in [0.717, 1.165) is 23.4 Å². The summed E-state index contributed by atoms with van der Waals surface area (Å²) in [6.45, 7) is 11.4. The number of nitrogens with zero attached hydrogens (tertiary/aromatic N) is 1. The number of ether oxygens (including phenoxy) is 2. The van der Waals surface area contributed by atoms with Crippen molar-refractivity contribution in [2.75, 3.05) is 19.0 Å². The maximum absolute atomic E-state index is 11.5. The predicted molar refractivity (Wildman–Crippen MR) is 141 cm³/mol. The first kappa shape index (κ1) is 27.5. The molecule has 0 spiro atoms. The van der Waals surface area contributed by atoms with E-state index in [1.807, 2.05) is 70.2 Å². The molecule has 2 aromatic rings. The van der Waals surface area contributed by atoms with Crippen molar-refractivity contribution in [3.8, 4) is 11.5 Å². The zero-order chi connectivity index (χ0) is 22.9. The number of methoxy groups -OCH3 is 1. The first-order valence-corrected chi connectivity index (χ1v) is 10.5. The monoisotopic (exact) mass is 554 g/mol. The number of nitrogens with one attached hydrogen (secondary N) is 3. The average Bonchev–Trinajstić information content (AvgIpc) is 2.69. The summed E-state index contributed by atoms with van der Waals surface area (Å²) in [7, 11) is 1.58. The topological polar surface area (TPSA) is 84.0 Å². The van der Waals surface area contributed by atoms with Gasteiger partial charge in [0, 0.05) is 25.6 Å². The van der Waals surface area contributed by atoms with Gasteiger partial charge in [-0.25, -0.2) is 4.99 Å². The van der Waals surface area contributed by atoms with Crippen molar-refractivity contribution in [1.29, 1.82) is 0 Å². The molecule has 32 heavy (non-hydrogen) atoms. The molecule has 0 aliphatic rings. The number of hydrogen-bond acceptors (Lipinski definition) is 4. The highest BCUT2D eigenvalue weighted by Gasteiger charge is 2.14. The molecular formula is C24H35IN4O3. The summed E-state index contributed by atoms with van der Waals surface area (Å²) < 4.78 is 11.4. The Hall–Kier alpha value is -2.49. The fourth-order valence-electron chi connectivity index (χ4n) is 2.91. The molecule has 0 aromatic heterocycles. The number of halogens is 1. The summed E-state index contributed by atoms with van der Waals surface area (Å²) in [5.74, 6) is 2.02. The quantitative estimate of drug-likeness (QED) is 0.250. The predicted octanol–water partition coefficient (Wildman–Crippen LogP) is 4.70. The highest BCUT2D eigenvalue weighted by molar-refractivity contribution is 14.0. The van der Waals surface area contributed by atoms with Gasteiger partial charge in [-0.1, -0.05) is 24.3 Å². The van der Waals surface area contributed by atoms with Gasteiger partial charge in [-0.15, -0.1) is 24.0 Å². The molecule has 0 fully saturated rings. The van der Waals surface area contributed by atoms with Gasteiger partial charge in [0.15, 0.2) is 5.96 Å². The highest BCUT2D eigenvalue weighted by Crippen LogP contribution is 2.26. The lowest BCUT2D eigenvalue weighted by Gasteiger charge is -2.23. The smallest absolute Gasteiger partial charge is 0.221 e. The molecule has 0 heterocycles. The molecule has 3 N–H and O–H groups in total. The first-order chi connectivity index (χ1) is 14.7. The van der Waals surface area contributed by atoms with Crippen LogP contribution in [-0.2, 0) is 17.9 Å². The van der Waals surface area contributed by atoms with E-state index >= 15 is 0 Å². The van der Waals surface area contributed by atoms with Crippen LogP contribution < -0.4 is 25.4 Å². The minimum absolute atomic E-state index is 0. The van der Waals surface area contributed by atoms with Crippen molar-refractivity contribution in [1.82, 2.24) is 10.6 Å². The lowest BCUT2D eigenvalue weighted by Crippen LogP contribution is -2.37. The summed E-state index contributed by atoms with van der Waals surface area (Å²) >= 11 is 0. The molecule has 0 aliphatic heterocycles. The number of para-hydroxylation sites is 1. The second-order valence-electron chi connectivity index (χ2n) is 8.09. The van der Waals surface area contributed by atoms with Crippen molar-refractivity contribution in [2.24, 2.45) is 4.99 Å². The van der Waals surface area contributed by atoms with Gasteiger partial charge in [-0.05, 0) is 51.5 Å². The molecular weight excluding hydrogens is 519 g/mol. The minimum atomic E-state index is -0.269. The molecule has 2 aromatic carbocycles. The van der Waals surface area contributed by atoms with Crippen LogP contribution in [0, 0.1) is 0 Å². The van der Waals surface area contributed by atoms with E-state index in [1.54, 1.807) is 7.11 Å². The number of carbonyl (C=O) groups is 1. The molecule has 7 nitrogen and oxygen atoms in total. The molecule has 0 aliphatic carbocycles. The Balaban J connectivity index is 0.00000512. The van der Waals surface area contributed by atoms with Crippen molar-refractivity contribution < 1.29 is 14.3 Å². The Morgan fingerprint density at radius 2 is 1.78 bits per heavy atom. The number of amides is 1. The van der Waals surface area contributed by atoms with E-state index in [-0.39, 0.29) is 35.5 Å². The third-order valence-corrected chi connectivity index (χ3v) is 4.17. The number of aliphatic imine (C=N–C) groups is 1. The van der Waals surface area contributed by atoms with Crippen LogP contribution in [0.1, 0.15) is 45.7 Å². The molecule has 0 unspecified atom stereocenters. The van der Waals surface area contributed by atoms with E-state index < -0.39 is 0 Å². The van der Waals surface area contributed by atoms with Crippen LogP contribution in [0.25, 0.3) is 0 Å². The first-order valence-electron chi connectivity index (χ1n) is 10.5. The normalized spacial score (nSPS) is 11.2. The zero-order valence-corrected chi connectivity index (χ0v) is 22.1. The van der Waals surface area contributed by atoms with E-state index in [4.69, 9.17) is 9.47 Å². The molecule has 1 amide bonds. The van der Waals surface area contributed by atoms with Gasteiger partial charge >= 0.3 is 0 Å². The number of carbonyl (C=O) groups excluding carboxylic acids is 1. The molecule has 0 saturated carbocycles. The Morgan fingerprint density at radius 3 is 2.41 bits per heavy atom. The second-order valence-corrected chi connectivity index (χ2v) is 8.09. The van der Waals surface area contributed by atoms with Crippen molar-refractivity contribution in [2.45, 2.75) is 53.3 Å². The lowest BCUT2D eigenvalue weighted by atomic mass is 10.1. The van der Waals surface area contributed by atoms with Gasteiger partial charge in [-0.2, -0.15) is 0 Å². The SMILES string of the molecule is CCNC(=NCc1ccc(OC)c(NC(C)=O)c1)NCc1ccccc1OC(C)(C)C.I. The van der Waals surface area contributed by atoms with Gasteiger partial charge in [0.05, 0.1) is 19.3 Å². The number of guanidine groups is 1. The fourth-order valence-corrected chi connectivity index (χ4v) is 2.91. The van der Waals surface area contributed by atoms with Crippen molar-refractivity contribution in [3.63, 3.8) is 0 Å². The molecule has 0 radical (unpaired) electrons. The van der Waals surface area contributed by atoms with Gasteiger partial charge in [0.2, 0.25) is 5.91 Å². The second kappa shape index (κ2) is 13.1. The van der Waals surface area contributed by atoms with Crippen LogP contribution in [0.3, 0.4) is 0 Å². The number of anilines is 1. The van der Waals surface area contributed by atoms with E-state index in [9.17, 15) is 4.79 Å². The lowest BCUT2D eigenvalue weighted by molar-refractivity contribution is -0.114. The Bertz CT molecular complexity index is 910. The third kappa shape index (κ3) is 9.33. The summed E-state index contributed by atoms with van der Waals surface area (Å²) in [5, 5.41) is 9.42. The molecule has 0 atom stereocenters. The molecule has 176 valence electrons. The summed E-state index contributed by atoms with van der Waals surface area (Å²) in [6.07, 6.45) is 0. The maximum atomic E-state index is 11.5. The maximum Gasteiger partial charge on any atom is 0.221 e. The summed E-state index contributed by atoms with van der Waals surface area (Å²) in [4.78, 5) is 16.1. The Kier molecular flexibility index (Phi) is 11.3. The number of benzene rings is 2. The van der Waals surface area contributed by atoms with Crippen LogP contribution in [0.4, 0.5) is 5.69 Å². The van der Waals surface area contributed by atoms with Gasteiger partial charge < -0.3 is 25.4 Å². The fraction of sp³-hybridized carbons (Fsp3) is 0.417. The van der Waals surface area contributed by atoms with Crippen LogP contribution in [-0.4, -0.2) is 31.1 Å². The molecule has 0 saturated heterocycles. The Morgan fingerprint density at radius 1 is 1.06 bits per heavy atom. The average molecular weight is 554 g/mol. The third-order valence-electron chi connectivity index (χ3n) is 4.17. The Labute approximate surface area is 208 Å². The highest BCUT2D eigenvalue weighted by atomic mass is 127.